The molecule has 3 atom stereocenters. The van der Waals surface area contributed by atoms with E-state index in [9.17, 15) is 29.4 Å². The summed E-state index contributed by atoms with van der Waals surface area (Å²) in [5.41, 5.74) is 9.84. The first-order valence-corrected chi connectivity index (χ1v) is 26.3. The van der Waals surface area contributed by atoms with Crippen molar-refractivity contribution < 1.29 is 34.1 Å². The molecule has 1 fully saturated rings. The third-order valence-corrected chi connectivity index (χ3v) is 14.6. The molecule has 12 heteroatoms. The number of aryl methyl sites for hydroxylation is 1. The van der Waals surface area contributed by atoms with Gasteiger partial charge in [-0.25, -0.2) is 4.98 Å². The number of unbranched alkanes of at least 4 members (excludes halogenated alkanes) is 6. The van der Waals surface area contributed by atoms with Gasteiger partial charge in [-0.2, -0.15) is 0 Å². The van der Waals surface area contributed by atoms with E-state index in [4.69, 9.17) is 4.74 Å². The Hall–Kier alpha value is -6.11. The number of rotatable bonds is 25. The van der Waals surface area contributed by atoms with E-state index in [1.165, 1.54) is 10.5 Å². The maximum atomic E-state index is 14.1. The summed E-state index contributed by atoms with van der Waals surface area (Å²) in [6, 6.07) is 32.9. The number of ether oxygens (including phenoxy) is 1. The van der Waals surface area contributed by atoms with E-state index in [0.29, 0.717) is 32.5 Å². The van der Waals surface area contributed by atoms with Crippen molar-refractivity contribution in [1.29, 1.82) is 0 Å². The van der Waals surface area contributed by atoms with Gasteiger partial charge in [0, 0.05) is 51.7 Å². The van der Waals surface area contributed by atoms with Gasteiger partial charge in [0.2, 0.25) is 17.7 Å². The predicted molar refractivity (Wildman–Crippen MR) is 285 cm³/mol. The summed E-state index contributed by atoms with van der Waals surface area (Å²) in [5, 5.41) is 23.6. The number of aliphatic hydroxyl groups is 1. The molecule has 1 aromatic heterocycles. The molecule has 5 aromatic rings. The number of ketones is 1. The Bertz CT molecular complexity index is 2530. The molecule has 3 N–H and O–H groups in total. The van der Waals surface area contributed by atoms with Crippen LogP contribution in [0, 0.1) is 18.3 Å². The number of β-amino-alcohol motifs (C(OH)–C–C–N with tert-alkyl or cyclic N) is 1. The molecule has 0 radical (unpaired) electrons. The monoisotopic (exact) mass is 983 g/mol. The molecule has 4 aromatic carbocycles. The molecule has 0 bridgehead atoms. The highest BCUT2D eigenvalue weighted by molar-refractivity contribution is 7.13. The molecular formula is C59H74N4O7S. The van der Waals surface area contributed by atoms with Crippen molar-refractivity contribution in [2.24, 2.45) is 11.3 Å². The van der Waals surface area contributed by atoms with E-state index in [1.807, 2.05) is 107 Å². The SMILES string of the molecule is CCC(=C(c1ccc(O)cc1)c1ccc(OCCN(C)C(=O)CCCCCCCCCC(=O)C[C@H](C(=O)N2C[C@H](O)C[C@H]2C(=O)NCc2ccc(-c3scnc3C)cc2)C(C)(C)C)cc1)c1ccccc1. The predicted octanol–water partition coefficient (Wildman–Crippen LogP) is 11.4. The van der Waals surface area contributed by atoms with Crippen molar-refractivity contribution in [3.05, 3.63) is 137 Å². The Labute approximate surface area is 425 Å². The molecule has 0 aliphatic carbocycles. The number of aromatic nitrogens is 1. The fraction of sp³-hybridized carbons (Fsp3) is 0.441. The highest BCUT2D eigenvalue weighted by atomic mass is 32.1. The zero-order valence-electron chi connectivity index (χ0n) is 42.6. The Morgan fingerprint density at radius 1 is 0.831 bits per heavy atom. The van der Waals surface area contributed by atoms with Crippen molar-refractivity contribution in [3.63, 3.8) is 0 Å². The van der Waals surface area contributed by atoms with Crippen LogP contribution in [0.15, 0.2) is 109 Å². The summed E-state index contributed by atoms with van der Waals surface area (Å²) < 4.78 is 6.07. The van der Waals surface area contributed by atoms with Gasteiger partial charge in [-0.05, 0) is 94.8 Å². The molecule has 11 nitrogen and oxygen atoms in total. The smallest absolute Gasteiger partial charge is 0.243 e. The number of aliphatic hydroxyl groups excluding tert-OH is 1. The maximum Gasteiger partial charge on any atom is 0.243 e. The first-order chi connectivity index (χ1) is 34.1. The summed E-state index contributed by atoms with van der Waals surface area (Å²) in [4.78, 5) is 62.4. The van der Waals surface area contributed by atoms with Gasteiger partial charge in [0.05, 0.1) is 28.7 Å². The second kappa shape index (κ2) is 26.4. The van der Waals surface area contributed by atoms with Crippen LogP contribution in [0.5, 0.6) is 11.5 Å². The van der Waals surface area contributed by atoms with Crippen molar-refractivity contribution in [3.8, 4) is 21.9 Å². The van der Waals surface area contributed by atoms with Crippen LogP contribution < -0.4 is 10.1 Å². The molecule has 1 aliphatic rings. The quantitative estimate of drug-likeness (QED) is 0.0387. The van der Waals surface area contributed by atoms with Crippen LogP contribution in [0.1, 0.15) is 133 Å². The number of likely N-dealkylation sites (tertiary alicyclic amines) is 1. The standard InChI is InChI=1S/C59H74N4O7S/c1-7-51(43-18-14-13-15-19-43)55(44-26-30-47(64)31-27-44)45-28-32-50(33-29-45)70-35-34-62(6)54(67)21-17-12-10-8-9-11-16-20-48(65)36-52(59(3,4)5)58(69)63-39-49(66)37-53(63)57(68)60-38-42-22-24-46(25-23-42)56-41(2)61-40-71-56/h13-15,18-19,22-33,40,49,52-53,64,66H,7-12,16-17,20-21,34-39H2,1-6H3,(H,60,68)/t49-,52-,53+/m1/s1. The van der Waals surface area contributed by atoms with Crippen molar-refractivity contribution in [2.75, 3.05) is 26.7 Å². The molecule has 0 unspecified atom stereocenters. The van der Waals surface area contributed by atoms with Crippen molar-refractivity contribution in [2.45, 2.75) is 130 Å². The largest absolute Gasteiger partial charge is 0.508 e. The first-order valence-electron chi connectivity index (χ1n) is 25.5. The van der Waals surface area contributed by atoms with E-state index in [1.54, 1.807) is 28.4 Å². The maximum absolute atomic E-state index is 14.1. The lowest BCUT2D eigenvalue weighted by atomic mass is 9.76. The highest BCUT2D eigenvalue weighted by Gasteiger charge is 2.44. The van der Waals surface area contributed by atoms with Crippen LogP contribution in [0.25, 0.3) is 21.6 Å². The molecule has 1 aliphatic heterocycles. The van der Waals surface area contributed by atoms with Gasteiger partial charge < -0.3 is 30.1 Å². The third kappa shape index (κ3) is 15.7. The number of Topliss-reactive ketones (excluding diaryl/α,β-unsaturated/α-hetero) is 1. The van der Waals surface area contributed by atoms with E-state index >= 15 is 0 Å². The number of likely N-dealkylation sites (N-methyl/N-ethyl adjacent to an activating group) is 1. The number of benzene rings is 4. The second-order valence-electron chi connectivity index (χ2n) is 20.0. The fourth-order valence-corrected chi connectivity index (χ4v) is 10.2. The molecule has 1 saturated heterocycles. The summed E-state index contributed by atoms with van der Waals surface area (Å²) in [7, 11) is 1.82. The minimum atomic E-state index is -0.811. The Balaban J connectivity index is 0.853. The number of thiazole rings is 1. The number of allylic oxidation sites excluding steroid dienone is 1. The first kappa shape index (κ1) is 54.2. The number of carbonyl (C=O) groups excluding carboxylic acids is 4. The van der Waals surface area contributed by atoms with E-state index in [0.717, 1.165) is 101 Å². The Morgan fingerprint density at radius 3 is 2.06 bits per heavy atom. The highest BCUT2D eigenvalue weighted by Crippen LogP contribution is 2.37. The van der Waals surface area contributed by atoms with E-state index in [-0.39, 0.29) is 48.6 Å². The summed E-state index contributed by atoms with van der Waals surface area (Å²) in [6.45, 7) is 11.2. The van der Waals surface area contributed by atoms with Gasteiger partial charge in [-0.3, -0.25) is 19.2 Å². The van der Waals surface area contributed by atoms with Crippen LogP contribution in [0.4, 0.5) is 0 Å². The summed E-state index contributed by atoms with van der Waals surface area (Å²) in [5.74, 6) is -0.0695. The molecule has 6 rings (SSSR count). The minimum absolute atomic E-state index is 0.0416. The van der Waals surface area contributed by atoms with Crippen molar-refractivity contribution in [1.82, 2.24) is 20.1 Å². The molecule has 0 saturated carbocycles. The van der Waals surface area contributed by atoms with Crippen LogP contribution >= 0.6 is 11.3 Å². The Morgan fingerprint density at radius 2 is 1.45 bits per heavy atom. The van der Waals surface area contributed by atoms with Crippen LogP contribution in [-0.2, 0) is 25.7 Å². The average Bonchev–Trinajstić information content (AvgIpc) is 3.98. The minimum Gasteiger partial charge on any atom is -0.508 e. The zero-order valence-corrected chi connectivity index (χ0v) is 43.4. The topological polar surface area (TPSA) is 149 Å². The third-order valence-electron chi connectivity index (χ3n) is 13.6. The molecule has 71 heavy (non-hydrogen) atoms. The molecule has 0 spiro atoms. The van der Waals surface area contributed by atoms with Crippen LogP contribution in [0.3, 0.4) is 0 Å². The van der Waals surface area contributed by atoms with Gasteiger partial charge >= 0.3 is 0 Å². The van der Waals surface area contributed by atoms with Crippen LogP contribution in [-0.4, -0.2) is 87.4 Å². The van der Waals surface area contributed by atoms with E-state index < -0.39 is 23.5 Å². The van der Waals surface area contributed by atoms with Crippen molar-refractivity contribution >= 4 is 46.0 Å². The van der Waals surface area contributed by atoms with Gasteiger partial charge in [-0.15, -0.1) is 11.3 Å². The molecule has 2 heterocycles. The number of phenols is 1. The lowest BCUT2D eigenvalue weighted by molar-refractivity contribution is -0.146. The average molecular weight is 983 g/mol. The lowest BCUT2D eigenvalue weighted by Gasteiger charge is -2.34. The van der Waals surface area contributed by atoms with Gasteiger partial charge in [-0.1, -0.05) is 139 Å². The van der Waals surface area contributed by atoms with E-state index in [2.05, 4.69) is 41.5 Å². The number of hydrogen-bond donors (Lipinski definition) is 3. The molecule has 3 amide bonds. The summed E-state index contributed by atoms with van der Waals surface area (Å²) in [6.07, 6.45) is 7.70. The number of phenolic OH excluding ortho intramolecular Hbond substituents is 1. The number of aromatic hydroxyl groups is 1. The van der Waals surface area contributed by atoms with Gasteiger partial charge in [0.25, 0.3) is 0 Å². The number of nitrogens with one attached hydrogen (secondary N) is 1. The fourth-order valence-electron chi connectivity index (χ4n) is 9.38. The Kier molecular flexibility index (Phi) is 20.1. The molecular weight excluding hydrogens is 909 g/mol. The number of carbonyl (C=O) groups is 4. The van der Waals surface area contributed by atoms with Gasteiger partial charge in [0.1, 0.15) is 29.9 Å². The lowest BCUT2D eigenvalue weighted by Crippen LogP contribution is -2.50. The van der Waals surface area contributed by atoms with Crippen LogP contribution in [0.2, 0.25) is 0 Å². The second-order valence-corrected chi connectivity index (χ2v) is 20.9. The zero-order chi connectivity index (χ0) is 50.9. The van der Waals surface area contributed by atoms with Gasteiger partial charge in [0.15, 0.2) is 0 Å². The normalized spacial score (nSPS) is 15.5. The number of nitrogens with zero attached hydrogens (tertiary/aromatic N) is 3. The number of amides is 3. The summed E-state index contributed by atoms with van der Waals surface area (Å²) >= 11 is 1.59. The number of hydrogen-bond acceptors (Lipinski definition) is 9. The molecule has 378 valence electrons.